The van der Waals surface area contributed by atoms with Crippen molar-refractivity contribution in [2.75, 3.05) is 0 Å². The summed E-state index contributed by atoms with van der Waals surface area (Å²) in [6, 6.07) is 12.0. The summed E-state index contributed by atoms with van der Waals surface area (Å²) < 4.78 is 12.9. The fourth-order valence-corrected chi connectivity index (χ4v) is 2.61. The average molecular weight is 293 g/mol. The molecule has 106 valence electrons. The van der Waals surface area contributed by atoms with Crippen LogP contribution in [0.1, 0.15) is 23.6 Å². The summed E-state index contributed by atoms with van der Waals surface area (Å²) in [5.41, 5.74) is 2.00. The van der Waals surface area contributed by atoms with Gasteiger partial charge in [0.2, 0.25) is 0 Å². The second-order valence-corrected chi connectivity index (χ2v) is 5.98. The predicted octanol–water partition coefficient (Wildman–Crippen LogP) is 4.32. The van der Waals surface area contributed by atoms with Gasteiger partial charge in [0.15, 0.2) is 0 Å². The van der Waals surface area contributed by atoms with Crippen LogP contribution in [0, 0.1) is 12.7 Å². The molecule has 0 heterocycles. The molecule has 0 amide bonds. The zero-order chi connectivity index (χ0) is 14.8. The van der Waals surface area contributed by atoms with E-state index < -0.39 is 5.60 Å². The van der Waals surface area contributed by atoms with Crippen LogP contribution in [0.3, 0.4) is 0 Å². The molecule has 0 spiro atoms. The first-order chi connectivity index (χ1) is 9.35. The van der Waals surface area contributed by atoms with E-state index in [0.717, 1.165) is 16.7 Å². The Morgan fingerprint density at radius 3 is 2.35 bits per heavy atom. The Morgan fingerprint density at radius 1 is 1.10 bits per heavy atom. The van der Waals surface area contributed by atoms with Crippen LogP contribution in [0.25, 0.3) is 0 Å². The van der Waals surface area contributed by atoms with Crippen LogP contribution in [0.4, 0.5) is 4.39 Å². The predicted molar refractivity (Wildman–Crippen MR) is 80.6 cm³/mol. The lowest BCUT2D eigenvalue weighted by atomic mass is 9.89. The molecule has 20 heavy (non-hydrogen) atoms. The molecule has 1 nitrogen and oxygen atoms in total. The molecule has 0 aromatic heterocycles. The van der Waals surface area contributed by atoms with E-state index in [-0.39, 0.29) is 5.82 Å². The molecule has 0 radical (unpaired) electrons. The minimum absolute atomic E-state index is 0.269. The van der Waals surface area contributed by atoms with Gasteiger partial charge in [-0.05, 0) is 48.7 Å². The topological polar surface area (TPSA) is 20.2 Å². The van der Waals surface area contributed by atoms with Crippen LogP contribution >= 0.6 is 11.6 Å². The minimum Gasteiger partial charge on any atom is -0.389 e. The number of halogens is 2. The van der Waals surface area contributed by atoms with Crippen molar-refractivity contribution in [2.45, 2.75) is 32.3 Å². The fourth-order valence-electron chi connectivity index (χ4n) is 2.31. The van der Waals surface area contributed by atoms with E-state index in [1.807, 2.05) is 25.1 Å². The minimum atomic E-state index is -0.920. The summed E-state index contributed by atoms with van der Waals surface area (Å²) in [6.07, 6.45) is 0.918. The highest BCUT2D eigenvalue weighted by Crippen LogP contribution is 2.25. The van der Waals surface area contributed by atoms with Gasteiger partial charge in [-0.15, -0.1) is 0 Å². The number of aliphatic hydroxyl groups is 1. The first kappa shape index (κ1) is 15.0. The van der Waals surface area contributed by atoms with Crippen LogP contribution < -0.4 is 0 Å². The van der Waals surface area contributed by atoms with E-state index in [9.17, 15) is 9.50 Å². The van der Waals surface area contributed by atoms with Gasteiger partial charge in [-0.2, -0.15) is 0 Å². The summed E-state index contributed by atoms with van der Waals surface area (Å²) >= 11 is 6.20. The van der Waals surface area contributed by atoms with E-state index in [4.69, 9.17) is 11.6 Å². The normalized spacial score (nSPS) is 14.1. The Bertz CT molecular complexity index is 590. The van der Waals surface area contributed by atoms with E-state index >= 15 is 0 Å². The van der Waals surface area contributed by atoms with Gasteiger partial charge < -0.3 is 5.11 Å². The first-order valence-corrected chi connectivity index (χ1v) is 6.95. The van der Waals surface area contributed by atoms with Gasteiger partial charge in [0.05, 0.1) is 5.60 Å². The van der Waals surface area contributed by atoms with Gasteiger partial charge in [0, 0.05) is 17.9 Å². The van der Waals surface area contributed by atoms with Crippen LogP contribution in [-0.2, 0) is 12.8 Å². The lowest BCUT2D eigenvalue weighted by Gasteiger charge is -2.24. The first-order valence-electron chi connectivity index (χ1n) is 6.58. The van der Waals surface area contributed by atoms with Crippen molar-refractivity contribution in [1.29, 1.82) is 0 Å². The molecule has 1 unspecified atom stereocenters. The molecule has 0 bridgehead atoms. The SMILES string of the molecule is Cc1ccc(CC(C)(O)Cc2ccc(F)cc2)c(Cl)c1. The Balaban J connectivity index is 2.12. The lowest BCUT2D eigenvalue weighted by Crippen LogP contribution is -2.30. The molecule has 0 aliphatic carbocycles. The van der Waals surface area contributed by atoms with Crippen LogP contribution in [0.2, 0.25) is 5.02 Å². The monoisotopic (exact) mass is 292 g/mol. The third-order valence-electron chi connectivity index (χ3n) is 3.28. The Kier molecular flexibility index (Phi) is 4.46. The third-order valence-corrected chi connectivity index (χ3v) is 3.63. The fraction of sp³-hybridized carbons (Fsp3) is 0.294. The van der Waals surface area contributed by atoms with E-state index in [2.05, 4.69) is 0 Å². The van der Waals surface area contributed by atoms with Gasteiger partial charge in [-0.3, -0.25) is 0 Å². The van der Waals surface area contributed by atoms with E-state index in [1.54, 1.807) is 19.1 Å². The molecule has 0 aliphatic heterocycles. The molecule has 1 N–H and O–H groups in total. The number of hydrogen-bond donors (Lipinski definition) is 1. The molecule has 2 aromatic carbocycles. The van der Waals surface area contributed by atoms with Gasteiger partial charge in [-0.1, -0.05) is 35.9 Å². The highest BCUT2D eigenvalue weighted by atomic mass is 35.5. The largest absolute Gasteiger partial charge is 0.389 e. The average Bonchev–Trinajstić information content (AvgIpc) is 2.35. The molecule has 0 aliphatic rings. The highest BCUT2D eigenvalue weighted by Gasteiger charge is 2.22. The van der Waals surface area contributed by atoms with Crippen molar-refractivity contribution in [1.82, 2.24) is 0 Å². The summed E-state index contributed by atoms with van der Waals surface area (Å²) in [7, 11) is 0. The highest BCUT2D eigenvalue weighted by molar-refractivity contribution is 6.31. The number of benzene rings is 2. The van der Waals surface area contributed by atoms with Gasteiger partial charge in [0.25, 0.3) is 0 Å². The number of aryl methyl sites for hydroxylation is 1. The standard InChI is InChI=1S/C17H18ClFO/c1-12-3-6-14(16(18)9-12)11-17(2,20)10-13-4-7-15(19)8-5-13/h3-9,20H,10-11H2,1-2H3. The molecule has 0 saturated heterocycles. The Hall–Kier alpha value is -1.38. The maximum Gasteiger partial charge on any atom is 0.123 e. The van der Waals surface area contributed by atoms with Crippen LogP contribution in [0.15, 0.2) is 42.5 Å². The van der Waals surface area contributed by atoms with Crippen molar-refractivity contribution >= 4 is 11.6 Å². The van der Waals surface area contributed by atoms with E-state index in [1.165, 1.54) is 12.1 Å². The second-order valence-electron chi connectivity index (χ2n) is 5.57. The van der Waals surface area contributed by atoms with Gasteiger partial charge >= 0.3 is 0 Å². The summed E-state index contributed by atoms with van der Waals surface area (Å²) in [5.74, 6) is -0.269. The van der Waals surface area contributed by atoms with E-state index in [0.29, 0.717) is 17.9 Å². The van der Waals surface area contributed by atoms with Crippen molar-refractivity contribution < 1.29 is 9.50 Å². The molecular weight excluding hydrogens is 275 g/mol. The maximum atomic E-state index is 12.9. The van der Waals surface area contributed by atoms with Gasteiger partial charge in [0.1, 0.15) is 5.82 Å². The lowest BCUT2D eigenvalue weighted by molar-refractivity contribution is 0.0608. The van der Waals surface area contributed by atoms with Gasteiger partial charge in [-0.25, -0.2) is 4.39 Å². The molecular formula is C17H18ClFO. The summed E-state index contributed by atoms with van der Waals surface area (Å²) in [5, 5.41) is 11.2. The Morgan fingerprint density at radius 2 is 1.75 bits per heavy atom. The zero-order valence-corrected chi connectivity index (χ0v) is 12.4. The smallest absolute Gasteiger partial charge is 0.123 e. The van der Waals surface area contributed by atoms with Crippen molar-refractivity contribution in [3.05, 3.63) is 70.0 Å². The molecule has 2 aromatic rings. The van der Waals surface area contributed by atoms with Crippen molar-refractivity contribution in [3.8, 4) is 0 Å². The number of hydrogen-bond acceptors (Lipinski definition) is 1. The summed E-state index contributed by atoms with van der Waals surface area (Å²) in [6.45, 7) is 3.75. The summed E-state index contributed by atoms with van der Waals surface area (Å²) in [4.78, 5) is 0. The van der Waals surface area contributed by atoms with Crippen LogP contribution in [-0.4, -0.2) is 10.7 Å². The second kappa shape index (κ2) is 5.94. The molecule has 0 fully saturated rings. The Labute approximate surface area is 124 Å². The molecule has 0 saturated carbocycles. The quantitative estimate of drug-likeness (QED) is 0.889. The molecule has 3 heteroatoms. The third kappa shape index (κ3) is 4.06. The zero-order valence-electron chi connectivity index (χ0n) is 11.7. The van der Waals surface area contributed by atoms with Crippen LogP contribution in [0.5, 0.6) is 0 Å². The number of rotatable bonds is 4. The maximum absolute atomic E-state index is 12.9. The van der Waals surface area contributed by atoms with Crippen molar-refractivity contribution in [2.24, 2.45) is 0 Å². The molecule has 2 rings (SSSR count). The molecule has 1 atom stereocenters. The van der Waals surface area contributed by atoms with Crippen molar-refractivity contribution in [3.63, 3.8) is 0 Å².